The third-order valence-electron chi connectivity index (χ3n) is 5.79. The lowest BCUT2D eigenvalue weighted by molar-refractivity contribution is 0.209. The zero-order chi connectivity index (χ0) is 20.6. The number of hydrogen-bond donors (Lipinski definition) is 2. The summed E-state index contributed by atoms with van der Waals surface area (Å²) in [6.45, 7) is 3.75. The summed E-state index contributed by atoms with van der Waals surface area (Å²) < 4.78 is 0. The van der Waals surface area contributed by atoms with Gasteiger partial charge in [-0.15, -0.1) is 11.3 Å². The molecule has 0 saturated carbocycles. The topological polar surface area (TPSA) is 44.4 Å². The minimum Gasteiger partial charge on any atom is -0.337 e. The summed E-state index contributed by atoms with van der Waals surface area (Å²) in [5.74, 6) is 0.704. The Bertz CT molecular complexity index is 851. The number of hydrogen-bond acceptors (Lipinski definition) is 3. The highest BCUT2D eigenvalue weighted by atomic mass is 32.1. The van der Waals surface area contributed by atoms with Crippen LogP contribution < -0.4 is 10.6 Å². The van der Waals surface area contributed by atoms with Gasteiger partial charge >= 0.3 is 6.03 Å². The first-order valence-corrected chi connectivity index (χ1v) is 11.6. The Morgan fingerprint density at radius 2 is 1.57 bits per heavy atom. The predicted molar refractivity (Wildman–Crippen MR) is 124 cm³/mol. The first-order valence-electron chi connectivity index (χ1n) is 10.7. The zero-order valence-electron chi connectivity index (χ0n) is 17.2. The number of urea groups is 1. The summed E-state index contributed by atoms with van der Waals surface area (Å²) in [7, 11) is 0. The van der Waals surface area contributed by atoms with Gasteiger partial charge in [-0.1, -0.05) is 66.7 Å². The highest BCUT2D eigenvalue weighted by Gasteiger charge is 2.21. The summed E-state index contributed by atoms with van der Waals surface area (Å²) in [6, 6.07) is 24.3. The van der Waals surface area contributed by atoms with Gasteiger partial charge < -0.3 is 15.5 Å². The Balaban J connectivity index is 1.25. The molecular formula is C25H29N3OS. The molecule has 0 atom stereocenters. The molecule has 4 nitrogen and oxygen atoms in total. The molecular weight excluding hydrogens is 390 g/mol. The molecule has 0 spiro atoms. The Labute approximate surface area is 182 Å². The van der Waals surface area contributed by atoms with Crippen LogP contribution in [0.5, 0.6) is 0 Å². The summed E-state index contributed by atoms with van der Waals surface area (Å²) in [5.41, 5.74) is 2.16. The second-order valence-electron chi connectivity index (χ2n) is 7.79. The Kier molecular flexibility index (Phi) is 7.16. The molecule has 0 bridgehead atoms. The van der Waals surface area contributed by atoms with Crippen LogP contribution in [-0.2, 0) is 0 Å². The van der Waals surface area contributed by atoms with Crippen molar-refractivity contribution in [1.82, 2.24) is 15.5 Å². The van der Waals surface area contributed by atoms with Crippen molar-refractivity contribution in [3.63, 3.8) is 0 Å². The van der Waals surface area contributed by atoms with Crippen molar-refractivity contribution in [2.45, 2.75) is 24.8 Å². The van der Waals surface area contributed by atoms with Gasteiger partial charge in [-0.25, -0.2) is 4.79 Å². The van der Waals surface area contributed by atoms with Crippen LogP contribution in [0.25, 0.3) is 0 Å². The van der Waals surface area contributed by atoms with Gasteiger partial charge in [0, 0.05) is 18.0 Å². The number of carbonyl (C=O) groups is 1. The summed E-state index contributed by atoms with van der Waals surface area (Å²) in [4.78, 5) is 16.6. The van der Waals surface area contributed by atoms with Crippen LogP contribution in [-0.4, -0.2) is 37.1 Å². The maximum absolute atomic E-state index is 12.6. The lowest BCUT2D eigenvalue weighted by Gasteiger charge is -2.31. The van der Waals surface area contributed by atoms with Gasteiger partial charge in [-0.2, -0.15) is 0 Å². The minimum atomic E-state index is -0.158. The second-order valence-corrected chi connectivity index (χ2v) is 8.77. The number of amides is 2. The molecule has 30 heavy (non-hydrogen) atoms. The summed E-state index contributed by atoms with van der Waals surface area (Å²) >= 11 is 1.87. The fourth-order valence-electron chi connectivity index (χ4n) is 4.12. The molecule has 1 fully saturated rings. The van der Waals surface area contributed by atoms with Crippen LogP contribution in [0.4, 0.5) is 4.79 Å². The molecule has 4 rings (SSSR count). The first-order chi connectivity index (χ1) is 14.8. The molecule has 2 heterocycles. The van der Waals surface area contributed by atoms with E-state index in [1.807, 2.05) is 47.7 Å². The van der Waals surface area contributed by atoms with E-state index in [-0.39, 0.29) is 12.1 Å². The van der Waals surface area contributed by atoms with E-state index in [9.17, 15) is 4.79 Å². The lowest BCUT2D eigenvalue weighted by Crippen LogP contribution is -2.43. The number of nitrogens with zero attached hydrogens (tertiary/aromatic N) is 1. The second kappa shape index (κ2) is 10.4. The van der Waals surface area contributed by atoms with E-state index in [4.69, 9.17) is 0 Å². The number of benzene rings is 2. The largest absolute Gasteiger partial charge is 0.337 e. The molecule has 1 saturated heterocycles. The summed E-state index contributed by atoms with van der Waals surface area (Å²) in [5, 5.41) is 8.36. The van der Waals surface area contributed by atoms with Crippen molar-refractivity contribution in [3.05, 3.63) is 94.2 Å². The van der Waals surface area contributed by atoms with Crippen LogP contribution in [0.15, 0.2) is 78.2 Å². The fourth-order valence-corrected chi connectivity index (χ4v) is 5.02. The molecule has 0 aliphatic carbocycles. The Morgan fingerprint density at radius 3 is 2.13 bits per heavy atom. The molecule has 0 radical (unpaired) electrons. The highest BCUT2D eigenvalue weighted by molar-refractivity contribution is 7.10. The molecule has 1 aliphatic rings. The van der Waals surface area contributed by atoms with Crippen molar-refractivity contribution in [2.24, 2.45) is 0 Å². The molecule has 3 aromatic rings. The van der Waals surface area contributed by atoms with Crippen LogP contribution in [0.1, 0.15) is 40.8 Å². The standard InChI is InChI=1S/C25H29N3OS/c29-25(26-15-18-28-16-13-20(14-17-28)23-12-7-19-30-23)27-24(21-8-3-1-4-9-21)22-10-5-2-6-11-22/h1-12,19-20,24H,13-18H2,(H2,26,27,29). The smallest absolute Gasteiger partial charge is 0.315 e. The molecule has 2 N–H and O–H groups in total. The van der Waals surface area contributed by atoms with Crippen LogP contribution in [0.3, 0.4) is 0 Å². The number of nitrogens with one attached hydrogen (secondary N) is 2. The van der Waals surface area contributed by atoms with E-state index in [0.717, 1.165) is 30.8 Å². The van der Waals surface area contributed by atoms with Gasteiger partial charge in [0.05, 0.1) is 6.04 Å². The van der Waals surface area contributed by atoms with E-state index in [1.165, 1.54) is 17.7 Å². The third-order valence-corrected chi connectivity index (χ3v) is 6.82. The molecule has 5 heteroatoms. The number of rotatable bonds is 7. The van der Waals surface area contributed by atoms with Gasteiger partial charge in [0.25, 0.3) is 0 Å². The number of likely N-dealkylation sites (tertiary alicyclic amines) is 1. The Hall–Kier alpha value is -2.63. The van der Waals surface area contributed by atoms with Crippen LogP contribution in [0, 0.1) is 0 Å². The molecule has 0 unspecified atom stereocenters. The van der Waals surface area contributed by atoms with Crippen molar-refractivity contribution in [2.75, 3.05) is 26.2 Å². The molecule has 156 valence electrons. The number of piperidine rings is 1. The predicted octanol–water partition coefficient (Wildman–Crippen LogP) is 5.02. The maximum Gasteiger partial charge on any atom is 0.315 e. The van der Waals surface area contributed by atoms with E-state index < -0.39 is 0 Å². The average Bonchev–Trinajstić information content (AvgIpc) is 3.34. The Morgan fingerprint density at radius 1 is 0.933 bits per heavy atom. The zero-order valence-corrected chi connectivity index (χ0v) is 18.0. The maximum atomic E-state index is 12.6. The number of thiophene rings is 1. The molecule has 1 aromatic heterocycles. The normalized spacial score (nSPS) is 15.2. The fraction of sp³-hybridized carbons (Fsp3) is 0.320. The van der Waals surface area contributed by atoms with Gasteiger partial charge in [0.2, 0.25) is 0 Å². The van der Waals surface area contributed by atoms with Crippen molar-refractivity contribution < 1.29 is 4.79 Å². The molecule has 2 amide bonds. The van der Waals surface area contributed by atoms with E-state index in [1.54, 1.807) is 0 Å². The first kappa shape index (κ1) is 20.6. The third kappa shape index (κ3) is 5.49. The van der Waals surface area contributed by atoms with Crippen molar-refractivity contribution >= 4 is 17.4 Å². The van der Waals surface area contributed by atoms with Gasteiger partial charge in [0.1, 0.15) is 0 Å². The van der Waals surface area contributed by atoms with E-state index >= 15 is 0 Å². The van der Waals surface area contributed by atoms with Gasteiger partial charge in [-0.3, -0.25) is 0 Å². The van der Waals surface area contributed by atoms with Gasteiger partial charge in [-0.05, 0) is 54.4 Å². The highest BCUT2D eigenvalue weighted by Crippen LogP contribution is 2.30. The molecule has 1 aliphatic heterocycles. The number of carbonyl (C=O) groups excluding carboxylic acids is 1. The van der Waals surface area contributed by atoms with Gasteiger partial charge in [0.15, 0.2) is 0 Å². The molecule has 2 aromatic carbocycles. The minimum absolute atomic E-state index is 0.124. The summed E-state index contributed by atoms with van der Waals surface area (Å²) in [6.07, 6.45) is 2.41. The lowest BCUT2D eigenvalue weighted by atomic mass is 9.95. The van der Waals surface area contributed by atoms with E-state index in [2.05, 4.69) is 57.3 Å². The van der Waals surface area contributed by atoms with Crippen LogP contribution in [0.2, 0.25) is 0 Å². The van der Waals surface area contributed by atoms with E-state index in [0.29, 0.717) is 12.5 Å². The SMILES string of the molecule is O=C(NCCN1CCC(c2cccs2)CC1)NC(c1ccccc1)c1ccccc1. The van der Waals surface area contributed by atoms with Crippen LogP contribution >= 0.6 is 11.3 Å². The van der Waals surface area contributed by atoms with Crippen molar-refractivity contribution in [3.8, 4) is 0 Å². The quantitative estimate of drug-likeness (QED) is 0.565. The monoisotopic (exact) mass is 419 g/mol. The van der Waals surface area contributed by atoms with Crippen molar-refractivity contribution in [1.29, 1.82) is 0 Å². The average molecular weight is 420 g/mol.